The minimum atomic E-state index is -0.0793. The van der Waals surface area contributed by atoms with Crippen molar-refractivity contribution < 1.29 is 4.79 Å². The molecule has 2 aromatic rings. The Labute approximate surface area is 149 Å². The lowest BCUT2D eigenvalue weighted by atomic mass is 10.0. The van der Waals surface area contributed by atoms with Crippen LogP contribution in [0.4, 0.5) is 5.82 Å². The van der Waals surface area contributed by atoms with Gasteiger partial charge in [0.1, 0.15) is 5.82 Å². The Balaban J connectivity index is 1.82. The number of hydrogen-bond acceptors (Lipinski definition) is 4. The zero-order chi connectivity index (χ0) is 17.8. The van der Waals surface area contributed by atoms with Gasteiger partial charge in [0.2, 0.25) is 0 Å². The second-order valence-electron chi connectivity index (χ2n) is 6.70. The molecule has 3 rings (SSSR count). The Morgan fingerprint density at radius 2 is 1.92 bits per heavy atom. The lowest BCUT2D eigenvalue weighted by molar-refractivity contribution is 0.0963. The smallest absolute Gasteiger partial charge is 0.254 e. The first-order chi connectivity index (χ1) is 12.1. The summed E-state index contributed by atoms with van der Waals surface area (Å²) in [6.45, 7) is 2.93. The molecule has 1 aromatic heterocycles. The number of aromatic nitrogens is 1. The second kappa shape index (κ2) is 7.66. The van der Waals surface area contributed by atoms with Crippen molar-refractivity contribution in [1.82, 2.24) is 15.2 Å². The minimum Gasteiger partial charge on any atom is -0.362 e. The van der Waals surface area contributed by atoms with Gasteiger partial charge in [-0.05, 0) is 23.6 Å². The Kier molecular flexibility index (Phi) is 5.34. The average Bonchev–Trinajstić information content (AvgIpc) is 2.83. The number of rotatable bonds is 4. The zero-order valence-corrected chi connectivity index (χ0v) is 15.2. The van der Waals surface area contributed by atoms with E-state index in [1.54, 1.807) is 7.05 Å². The van der Waals surface area contributed by atoms with E-state index < -0.39 is 0 Å². The topological polar surface area (TPSA) is 48.5 Å². The highest BCUT2D eigenvalue weighted by Gasteiger charge is 2.21. The van der Waals surface area contributed by atoms with E-state index in [2.05, 4.69) is 40.5 Å². The number of amides is 1. The molecule has 1 N–H and O–H groups in total. The molecule has 0 saturated carbocycles. The van der Waals surface area contributed by atoms with Gasteiger partial charge in [0.15, 0.2) is 0 Å². The molecule has 5 nitrogen and oxygen atoms in total. The van der Waals surface area contributed by atoms with E-state index in [0.29, 0.717) is 5.56 Å². The average molecular weight is 338 g/mol. The van der Waals surface area contributed by atoms with Crippen LogP contribution in [0.15, 0.2) is 36.4 Å². The fourth-order valence-electron chi connectivity index (χ4n) is 3.31. The number of benzene rings is 1. The number of fused-ring (bicyclic) bond motifs is 1. The van der Waals surface area contributed by atoms with E-state index >= 15 is 0 Å². The maximum atomic E-state index is 12.2. The second-order valence-corrected chi connectivity index (χ2v) is 6.70. The molecule has 25 heavy (non-hydrogen) atoms. The Morgan fingerprint density at radius 1 is 1.20 bits per heavy atom. The zero-order valence-electron chi connectivity index (χ0n) is 15.2. The molecule has 2 heterocycles. The minimum absolute atomic E-state index is 0.0793. The van der Waals surface area contributed by atoms with Crippen LogP contribution in [0.25, 0.3) is 0 Å². The SMILES string of the molecule is CNC(=O)c1cc2c(nc1N(C)C)CCN(Cc1ccccc1)CC2. The third-order valence-electron chi connectivity index (χ3n) is 4.68. The van der Waals surface area contributed by atoms with Crippen LogP contribution in [0.5, 0.6) is 0 Å². The van der Waals surface area contributed by atoms with Crippen molar-refractivity contribution in [3.05, 3.63) is 58.8 Å². The predicted molar refractivity (Wildman–Crippen MR) is 101 cm³/mol. The summed E-state index contributed by atoms with van der Waals surface area (Å²) in [6, 6.07) is 12.6. The Hall–Kier alpha value is -2.40. The third-order valence-corrected chi connectivity index (χ3v) is 4.68. The van der Waals surface area contributed by atoms with Crippen molar-refractivity contribution >= 4 is 11.7 Å². The van der Waals surface area contributed by atoms with Crippen LogP contribution >= 0.6 is 0 Å². The first kappa shape index (κ1) is 17.4. The number of carbonyl (C=O) groups excluding carboxylic acids is 1. The molecule has 0 unspecified atom stereocenters. The monoisotopic (exact) mass is 338 g/mol. The van der Waals surface area contributed by atoms with Crippen LogP contribution in [0.3, 0.4) is 0 Å². The van der Waals surface area contributed by atoms with E-state index in [9.17, 15) is 4.79 Å². The molecular weight excluding hydrogens is 312 g/mol. The fourth-order valence-corrected chi connectivity index (χ4v) is 3.31. The maximum absolute atomic E-state index is 12.2. The first-order valence-electron chi connectivity index (χ1n) is 8.77. The maximum Gasteiger partial charge on any atom is 0.254 e. The quantitative estimate of drug-likeness (QED) is 0.928. The van der Waals surface area contributed by atoms with Crippen molar-refractivity contribution in [1.29, 1.82) is 0 Å². The summed E-state index contributed by atoms with van der Waals surface area (Å²) < 4.78 is 0. The van der Waals surface area contributed by atoms with Crippen molar-refractivity contribution in [2.24, 2.45) is 0 Å². The van der Waals surface area contributed by atoms with E-state index in [4.69, 9.17) is 4.98 Å². The highest BCUT2D eigenvalue weighted by Crippen LogP contribution is 2.23. The van der Waals surface area contributed by atoms with Gasteiger partial charge in [0, 0.05) is 52.9 Å². The van der Waals surface area contributed by atoms with Crippen LogP contribution in [-0.2, 0) is 19.4 Å². The molecule has 0 bridgehead atoms. The molecular formula is C20H26N4O. The molecule has 0 atom stereocenters. The molecule has 1 aromatic carbocycles. The standard InChI is InChI=1S/C20H26N4O/c1-21-20(25)17-13-16-9-11-24(14-15-7-5-4-6-8-15)12-10-18(16)22-19(17)23(2)3/h4-8,13H,9-12,14H2,1-3H3,(H,21,25). The summed E-state index contributed by atoms with van der Waals surface area (Å²) in [6.07, 6.45) is 1.84. The molecule has 0 fully saturated rings. The van der Waals surface area contributed by atoms with E-state index in [-0.39, 0.29) is 5.91 Å². The molecule has 1 aliphatic rings. The van der Waals surface area contributed by atoms with Gasteiger partial charge in [-0.2, -0.15) is 0 Å². The fraction of sp³-hybridized carbons (Fsp3) is 0.400. The summed E-state index contributed by atoms with van der Waals surface area (Å²) in [5, 5.41) is 2.72. The largest absolute Gasteiger partial charge is 0.362 e. The van der Waals surface area contributed by atoms with Crippen LogP contribution in [-0.4, -0.2) is 50.0 Å². The summed E-state index contributed by atoms with van der Waals surface area (Å²) >= 11 is 0. The van der Waals surface area contributed by atoms with E-state index in [1.807, 2.05) is 25.1 Å². The van der Waals surface area contributed by atoms with Crippen molar-refractivity contribution in [2.75, 3.05) is 39.1 Å². The van der Waals surface area contributed by atoms with Gasteiger partial charge in [-0.1, -0.05) is 30.3 Å². The van der Waals surface area contributed by atoms with E-state index in [1.165, 1.54) is 11.1 Å². The molecule has 1 aliphatic heterocycles. The van der Waals surface area contributed by atoms with Gasteiger partial charge >= 0.3 is 0 Å². The molecule has 132 valence electrons. The summed E-state index contributed by atoms with van der Waals surface area (Å²) in [5.41, 5.74) is 4.30. The highest BCUT2D eigenvalue weighted by atomic mass is 16.1. The van der Waals surface area contributed by atoms with Crippen LogP contribution in [0, 0.1) is 0 Å². The molecule has 0 saturated heterocycles. The molecule has 5 heteroatoms. The lowest BCUT2D eigenvalue weighted by Gasteiger charge is -2.19. The van der Waals surface area contributed by atoms with Gasteiger partial charge in [0.25, 0.3) is 5.91 Å². The van der Waals surface area contributed by atoms with Crippen molar-refractivity contribution in [3.63, 3.8) is 0 Å². The number of carbonyl (C=O) groups is 1. The number of pyridine rings is 1. The molecule has 0 spiro atoms. The summed E-state index contributed by atoms with van der Waals surface area (Å²) in [4.78, 5) is 21.4. The van der Waals surface area contributed by atoms with Crippen molar-refractivity contribution in [2.45, 2.75) is 19.4 Å². The van der Waals surface area contributed by atoms with Gasteiger partial charge in [-0.3, -0.25) is 9.69 Å². The van der Waals surface area contributed by atoms with Gasteiger partial charge in [-0.25, -0.2) is 4.98 Å². The number of anilines is 1. The van der Waals surface area contributed by atoms with Crippen LogP contribution < -0.4 is 10.2 Å². The Bertz CT molecular complexity index is 743. The lowest BCUT2D eigenvalue weighted by Crippen LogP contribution is -2.25. The molecule has 1 amide bonds. The highest BCUT2D eigenvalue weighted by molar-refractivity contribution is 5.99. The van der Waals surface area contributed by atoms with Crippen LogP contribution in [0.1, 0.15) is 27.2 Å². The first-order valence-corrected chi connectivity index (χ1v) is 8.77. The van der Waals surface area contributed by atoms with E-state index in [0.717, 1.165) is 44.0 Å². The predicted octanol–water partition coefficient (Wildman–Crippen LogP) is 2.11. The third kappa shape index (κ3) is 3.99. The number of hydrogen-bond donors (Lipinski definition) is 1. The number of nitrogens with zero attached hydrogens (tertiary/aromatic N) is 3. The normalized spacial score (nSPS) is 14.5. The van der Waals surface area contributed by atoms with Gasteiger partial charge < -0.3 is 10.2 Å². The number of nitrogens with one attached hydrogen (secondary N) is 1. The summed E-state index contributed by atoms with van der Waals surface area (Å²) in [5.74, 6) is 0.666. The Morgan fingerprint density at radius 3 is 2.60 bits per heavy atom. The van der Waals surface area contributed by atoms with Crippen LogP contribution in [0.2, 0.25) is 0 Å². The van der Waals surface area contributed by atoms with Crippen molar-refractivity contribution in [3.8, 4) is 0 Å². The van der Waals surface area contributed by atoms with Gasteiger partial charge in [0.05, 0.1) is 5.56 Å². The summed E-state index contributed by atoms with van der Waals surface area (Å²) in [7, 11) is 5.52. The van der Waals surface area contributed by atoms with Gasteiger partial charge in [-0.15, -0.1) is 0 Å². The molecule has 0 aliphatic carbocycles. The molecule has 0 radical (unpaired) electrons.